The van der Waals surface area contributed by atoms with Crippen LogP contribution in [0.3, 0.4) is 0 Å². The van der Waals surface area contributed by atoms with E-state index in [0.29, 0.717) is 16.9 Å². The van der Waals surface area contributed by atoms with Gasteiger partial charge in [0, 0.05) is 6.04 Å². The summed E-state index contributed by atoms with van der Waals surface area (Å²) in [6.07, 6.45) is 0. The molecule has 0 bridgehead atoms. The number of rotatable bonds is 2. The number of nitrogens with one attached hydrogen (secondary N) is 1. The first-order chi connectivity index (χ1) is 7.28. The van der Waals surface area contributed by atoms with Gasteiger partial charge >= 0.3 is 0 Å². The summed E-state index contributed by atoms with van der Waals surface area (Å²) in [4.78, 5) is 0. The number of aryl methyl sites for hydroxylation is 1. The second-order valence-electron chi connectivity index (χ2n) is 6.06. The number of nitrogen functional groups attached to an aromatic ring is 1. The molecule has 0 saturated heterocycles. The Morgan fingerprint density at radius 1 is 1.12 bits per heavy atom. The van der Waals surface area contributed by atoms with E-state index < -0.39 is 0 Å². The van der Waals surface area contributed by atoms with E-state index in [1.165, 1.54) is 5.56 Å². The summed E-state index contributed by atoms with van der Waals surface area (Å²) in [6, 6.07) is 6.56. The van der Waals surface area contributed by atoms with E-state index in [1.807, 2.05) is 12.1 Å². The maximum atomic E-state index is 6.01. The second-order valence-corrected chi connectivity index (χ2v) is 6.06. The lowest BCUT2D eigenvalue weighted by molar-refractivity contribution is 0.457. The summed E-state index contributed by atoms with van der Waals surface area (Å²) in [7, 11) is 0. The molecule has 2 heteroatoms. The van der Waals surface area contributed by atoms with Gasteiger partial charge in [-0.15, -0.1) is 0 Å². The fourth-order valence-corrected chi connectivity index (χ4v) is 2.59. The van der Waals surface area contributed by atoms with Crippen LogP contribution in [-0.2, 0) is 0 Å². The van der Waals surface area contributed by atoms with E-state index in [4.69, 9.17) is 5.73 Å². The maximum absolute atomic E-state index is 6.01. The molecule has 1 aliphatic carbocycles. The van der Waals surface area contributed by atoms with Gasteiger partial charge < -0.3 is 11.1 Å². The van der Waals surface area contributed by atoms with E-state index in [-0.39, 0.29) is 0 Å². The number of nitrogens with two attached hydrogens (primary N) is 1. The molecule has 0 unspecified atom stereocenters. The normalized spacial score (nSPS) is 21.8. The SMILES string of the molecule is Cc1cccc(N)c1NC1C(C)(C)C1(C)C. The molecule has 1 aliphatic rings. The van der Waals surface area contributed by atoms with Gasteiger partial charge in [0.25, 0.3) is 0 Å². The van der Waals surface area contributed by atoms with Crippen molar-refractivity contribution in [1.82, 2.24) is 0 Å². The minimum absolute atomic E-state index is 0.335. The minimum atomic E-state index is 0.335. The highest BCUT2D eigenvalue weighted by Gasteiger charge is 2.65. The van der Waals surface area contributed by atoms with Gasteiger partial charge in [-0.2, -0.15) is 0 Å². The van der Waals surface area contributed by atoms with E-state index in [0.717, 1.165) is 11.4 Å². The highest BCUT2D eigenvalue weighted by Crippen LogP contribution is 2.64. The molecule has 0 amide bonds. The molecule has 0 heterocycles. The molecule has 1 saturated carbocycles. The van der Waals surface area contributed by atoms with Crippen molar-refractivity contribution >= 4 is 11.4 Å². The molecule has 0 aliphatic heterocycles. The first kappa shape index (κ1) is 11.3. The molecular weight excluding hydrogens is 196 g/mol. The Bertz CT molecular complexity index is 384. The zero-order valence-electron chi connectivity index (χ0n) is 10.9. The zero-order chi connectivity index (χ0) is 12.1. The Labute approximate surface area is 98.2 Å². The van der Waals surface area contributed by atoms with Crippen molar-refractivity contribution in [3.63, 3.8) is 0 Å². The van der Waals surface area contributed by atoms with Gasteiger partial charge in [-0.3, -0.25) is 0 Å². The van der Waals surface area contributed by atoms with Crippen molar-refractivity contribution in [3.8, 4) is 0 Å². The van der Waals surface area contributed by atoms with Crippen LogP contribution in [0.15, 0.2) is 18.2 Å². The third kappa shape index (κ3) is 1.40. The van der Waals surface area contributed by atoms with Crippen LogP contribution in [0.2, 0.25) is 0 Å². The van der Waals surface area contributed by atoms with Gasteiger partial charge in [0.1, 0.15) is 0 Å². The summed E-state index contributed by atoms with van der Waals surface area (Å²) >= 11 is 0. The quantitative estimate of drug-likeness (QED) is 0.746. The molecule has 88 valence electrons. The molecule has 3 N–H and O–H groups in total. The van der Waals surface area contributed by atoms with Gasteiger partial charge in [-0.25, -0.2) is 0 Å². The molecular formula is C14H22N2. The first-order valence-electron chi connectivity index (χ1n) is 5.90. The first-order valence-corrected chi connectivity index (χ1v) is 5.90. The molecule has 2 rings (SSSR count). The van der Waals surface area contributed by atoms with Crippen LogP contribution in [0.25, 0.3) is 0 Å². The average Bonchev–Trinajstić information content (AvgIpc) is 2.53. The fraction of sp³-hybridized carbons (Fsp3) is 0.571. The van der Waals surface area contributed by atoms with Crippen molar-refractivity contribution in [3.05, 3.63) is 23.8 Å². The second kappa shape index (κ2) is 3.16. The lowest BCUT2D eigenvalue weighted by Gasteiger charge is -2.13. The zero-order valence-corrected chi connectivity index (χ0v) is 10.9. The summed E-state index contributed by atoms with van der Waals surface area (Å²) in [5.41, 5.74) is 9.85. The molecule has 1 fully saturated rings. The van der Waals surface area contributed by atoms with Crippen LogP contribution in [0.4, 0.5) is 11.4 Å². The van der Waals surface area contributed by atoms with Gasteiger partial charge in [0.2, 0.25) is 0 Å². The Hall–Kier alpha value is -1.18. The average molecular weight is 218 g/mol. The Morgan fingerprint density at radius 3 is 2.12 bits per heavy atom. The fourth-order valence-electron chi connectivity index (χ4n) is 2.59. The molecule has 0 spiro atoms. The van der Waals surface area contributed by atoms with Gasteiger partial charge in [0.05, 0.1) is 11.4 Å². The number of hydrogen-bond donors (Lipinski definition) is 2. The van der Waals surface area contributed by atoms with E-state index >= 15 is 0 Å². The van der Waals surface area contributed by atoms with E-state index in [1.54, 1.807) is 0 Å². The third-order valence-electron chi connectivity index (χ3n) is 4.61. The van der Waals surface area contributed by atoms with Gasteiger partial charge in [0.15, 0.2) is 0 Å². The van der Waals surface area contributed by atoms with Crippen molar-refractivity contribution in [2.24, 2.45) is 10.8 Å². The van der Waals surface area contributed by atoms with Gasteiger partial charge in [-0.05, 0) is 29.4 Å². The van der Waals surface area contributed by atoms with Crippen LogP contribution < -0.4 is 11.1 Å². The number of para-hydroxylation sites is 1. The smallest absolute Gasteiger partial charge is 0.0606 e. The largest absolute Gasteiger partial charge is 0.397 e. The maximum Gasteiger partial charge on any atom is 0.0606 e. The number of anilines is 2. The van der Waals surface area contributed by atoms with Crippen molar-refractivity contribution in [2.45, 2.75) is 40.7 Å². The molecule has 1 aromatic rings. The Morgan fingerprint density at radius 2 is 1.69 bits per heavy atom. The highest BCUT2D eigenvalue weighted by molar-refractivity contribution is 5.71. The van der Waals surface area contributed by atoms with Crippen LogP contribution in [-0.4, -0.2) is 6.04 Å². The lowest BCUT2D eigenvalue weighted by atomic mass is 10.0. The predicted molar refractivity (Wildman–Crippen MR) is 70.6 cm³/mol. The predicted octanol–water partition coefficient (Wildman–Crippen LogP) is 3.42. The number of hydrogen-bond acceptors (Lipinski definition) is 2. The molecule has 0 radical (unpaired) electrons. The molecule has 16 heavy (non-hydrogen) atoms. The van der Waals surface area contributed by atoms with Crippen molar-refractivity contribution in [1.29, 1.82) is 0 Å². The molecule has 2 nitrogen and oxygen atoms in total. The summed E-state index contributed by atoms with van der Waals surface area (Å²) in [6.45, 7) is 11.3. The summed E-state index contributed by atoms with van der Waals surface area (Å²) in [5, 5.41) is 3.61. The Balaban J connectivity index is 2.25. The number of benzene rings is 1. The van der Waals surface area contributed by atoms with Crippen LogP contribution in [0.5, 0.6) is 0 Å². The topological polar surface area (TPSA) is 38.0 Å². The van der Waals surface area contributed by atoms with Crippen molar-refractivity contribution < 1.29 is 0 Å². The van der Waals surface area contributed by atoms with Crippen LogP contribution >= 0.6 is 0 Å². The molecule has 0 aromatic heterocycles. The summed E-state index contributed by atoms with van der Waals surface area (Å²) in [5.74, 6) is 0. The van der Waals surface area contributed by atoms with Gasteiger partial charge in [-0.1, -0.05) is 39.8 Å². The third-order valence-corrected chi connectivity index (χ3v) is 4.61. The van der Waals surface area contributed by atoms with E-state index in [2.05, 4.69) is 46.0 Å². The van der Waals surface area contributed by atoms with Crippen LogP contribution in [0, 0.1) is 17.8 Å². The monoisotopic (exact) mass is 218 g/mol. The minimum Gasteiger partial charge on any atom is -0.397 e. The van der Waals surface area contributed by atoms with Crippen LogP contribution in [0.1, 0.15) is 33.3 Å². The molecule has 1 aromatic carbocycles. The standard InChI is InChI=1S/C14H22N2/c1-9-7-6-8-10(15)11(9)16-12-13(2,3)14(12,4)5/h6-8,12,16H,15H2,1-5H3. The molecule has 0 atom stereocenters. The highest BCUT2D eigenvalue weighted by atomic mass is 15.1. The van der Waals surface area contributed by atoms with Crippen molar-refractivity contribution in [2.75, 3.05) is 11.1 Å². The Kier molecular flexibility index (Phi) is 2.23. The lowest BCUT2D eigenvalue weighted by Crippen LogP contribution is -2.12. The summed E-state index contributed by atoms with van der Waals surface area (Å²) < 4.78 is 0. The van der Waals surface area contributed by atoms with E-state index in [9.17, 15) is 0 Å².